The molecule has 2 N–H and O–H groups in total. The van der Waals surface area contributed by atoms with E-state index in [0.717, 1.165) is 48.7 Å². The zero-order valence-corrected chi connectivity index (χ0v) is 18.6. The average Bonchev–Trinajstić information content (AvgIpc) is 3.14. The number of carboxylic acids is 1. The highest BCUT2D eigenvalue weighted by atomic mass is 19.1. The first kappa shape index (κ1) is 21.9. The van der Waals surface area contributed by atoms with Crippen LogP contribution in [-0.2, 0) is 12.8 Å². The summed E-state index contributed by atoms with van der Waals surface area (Å²) >= 11 is 0. The predicted molar refractivity (Wildman–Crippen MR) is 122 cm³/mol. The summed E-state index contributed by atoms with van der Waals surface area (Å²) in [7, 11) is 0. The van der Waals surface area contributed by atoms with Gasteiger partial charge in [-0.05, 0) is 81.5 Å². The number of aromatic amines is 1. The molecule has 2 aliphatic rings. The summed E-state index contributed by atoms with van der Waals surface area (Å²) in [5.41, 5.74) is 2.57. The number of nitrogens with zero attached hydrogens (tertiary/aromatic N) is 1. The third kappa shape index (κ3) is 4.10. The summed E-state index contributed by atoms with van der Waals surface area (Å²) in [5, 5.41) is 10.5. The van der Waals surface area contributed by atoms with Crippen LogP contribution in [-0.4, -0.2) is 45.7 Å². The number of hydrogen-bond acceptors (Lipinski definition) is 3. The number of carboxylic acid groups (broad SMARTS) is 1. The van der Waals surface area contributed by atoms with Crippen molar-refractivity contribution in [1.29, 1.82) is 0 Å². The minimum Gasteiger partial charge on any atom is -0.486 e. The van der Waals surface area contributed by atoms with Gasteiger partial charge in [-0.25, -0.2) is 13.6 Å². The number of aromatic nitrogens is 1. The van der Waals surface area contributed by atoms with Crippen molar-refractivity contribution in [2.75, 3.05) is 6.54 Å². The lowest BCUT2D eigenvalue weighted by atomic mass is 9.86. The number of fused-ring (bicyclic) bond motifs is 2. The Morgan fingerprint density at radius 1 is 1.24 bits per heavy atom. The number of benzene rings is 2. The van der Waals surface area contributed by atoms with Gasteiger partial charge in [-0.3, -0.25) is 4.90 Å². The third-order valence-electron chi connectivity index (χ3n) is 7.26. The first-order valence-electron chi connectivity index (χ1n) is 11.6. The molecule has 5 rings (SSSR count). The summed E-state index contributed by atoms with van der Waals surface area (Å²) in [6.45, 7) is 2.76. The topological polar surface area (TPSA) is 65.6 Å². The number of aromatic carboxylic acids is 1. The van der Waals surface area contributed by atoms with Gasteiger partial charge >= 0.3 is 5.97 Å². The Labute approximate surface area is 191 Å². The second-order valence-corrected chi connectivity index (χ2v) is 9.23. The number of rotatable bonds is 7. The lowest BCUT2D eigenvalue weighted by Gasteiger charge is -2.46. The molecule has 0 saturated heterocycles. The molecular weight excluding hydrogens is 426 g/mol. The zero-order valence-electron chi connectivity index (χ0n) is 18.6. The first-order valence-corrected chi connectivity index (χ1v) is 11.6. The van der Waals surface area contributed by atoms with Crippen molar-refractivity contribution in [1.82, 2.24) is 9.88 Å². The number of nitrogens with one attached hydrogen (secondary N) is 1. The number of halogens is 2. The van der Waals surface area contributed by atoms with Crippen LogP contribution < -0.4 is 4.74 Å². The van der Waals surface area contributed by atoms with E-state index in [1.54, 1.807) is 12.1 Å². The van der Waals surface area contributed by atoms with E-state index in [2.05, 4.69) is 9.88 Å². The molecule has 7 heteroatoms. The Morgan fingerprint density at radius 3 is 2.79 bits per heavy atom. The van der Waals surface area contributed by atoms with Gasteiger partial charge in [-0.1, -0.05) is 6.42 Å². The van der Waals surface area contributed by atoms with Crippen LogP contribution in [0, 0.1) is 11.6 Å². The molecule has 0 spiro atoms. The Hall–Kier alpha value is -2.93. The van der Waals surface area contributed by atoms with E-state index in [4.69, 9.17) is 4.74 Å². The number of hydrogen-bond donors (Lipinski definition) is 2. The summed E-state index contributed by atoms with van der Waals surface area (Å²) in [4.78, 5) is 17.4. The molecule has 2 aromatic carbocycles. The monoisotopic (exact) mass is 454 g/mol. The van der Waals surface area contributed by atoms with E-state index < -0.39 is 11.8 Å². The van der Waals surface area contributed by atoms with Gasteiger partial charge in [0.15, 0.2) is 11.6 Å². The highest BCUT2D eigenvalue weighted by molar-refractivity contribution is 5.90. The summed E-state index contributed by atoms with van der Waals surface area (Å²) < 4.78 is 34.1. The fourth-order valence-corrected chi connectivity index (χ4v) is 5.30. The van der Waals surface area contributed by atoms with Crippen LogP contribution in [0.4, 0.5) is 8.78 Å². The van der Waals surface area contributed by atoms with Crippen molar-refractivity contribution in [3.8, 4) is 5.75 Å². The van der Waals surface area contributed by atoms with Gasteiger partial charge < -0.3 is 14.8 Å². The van der Waals surface area contributed by atoms with Gasteiger partial charge in [0.1, 0.15) is 11.9 Å². The first-order chi connectivity index (χ1) is 15.9. The second-order valence-electron chi connectivity index (χ2n) is 9.23. The molecule has 1 fully saturated rings. The van der Waals surface area contributed by atoms with Crippen molar-refractivity contribution >= 4 is 16.9 Å². The molecule has 2 atom stereocenters. The Balaban J connectivity index is 1.35. The fraction of sp³-hybridized carbons (Fsp3) is 0.423. The van der Waals surface area contributed by atoms with Gasteiger partial charge in [-0.15, -0.1) is 0 Å². The summed E-state index contributed by atoms with van der Waals surface area (Å²) in [5.74, 6) is -1.74. The molecule has 1 aliphatic heterocycles. The van der Waals surface area contributed by atoms with Crippen LogP contribution in [0.15, 0.2) is 36.5 Å². The standard InChI is InChI=1S/C26H28F2N2O3/c1-15-24(13-21-19(26(31)32)8-9-22(28)25(21)33-15)30(18-5-2-6-18)11-3-4-16-14-29-23-10-7-17(27)12-20(16)23/h7-10,12,14-15,18,24,29H,2-6,11,13H2,1H3,(H,31,32). The second kappa shape index (κ2) is 8.78. The molecule has 33 heavy (non-hydrogen) atoms. The molecule has 0 amide bonds. The van der Waals surface area contributed by atoms with Gasteiger partial charge in [0.05, 0.1) is 11.6 Å². The smallest absolute Gasteiger partial charge is 0.336 e. The maximum absolute atomic E-state index is 14.4. The van der Waals surface area contributed by atoms with Crippen LogP contribution in [0.3, 0.4) is 0 Å². The summed E-state index contributed by atoms with van der Waals surface area (Å²) in [6.07, 6.45) is 7.21. The zero-order chi connectivity index (χ0) is 23.1. The molecule has 2 heterocycles. The van der Waals surface area contributed by atoms with E-state index in [9.17, 15) is 18.7 Å². The predicted octanol–water partition coefficient (Wildman–Crippen LogP) is 5.32. The number of H-pyrrole nitrogens is 1. The Morgan fingerprint density at radius 2 is 2.06 bits per heavy atom. The number of carbonyl (C=O) groups is 1. The van der Waals surface area contributed by atoms with Crippen molar-refractivity contribution in [3.63, 3.8) is 0 Å². The van der Waals surface area contributed by atoms with Crippen LogP contribution in [0.2, 0.25) is 0 Å². The van der Waals surface area contributed by atoms with Crippen molar-refractivity contribution in [2.24, 2.45) is 0 Å². The van der Waals surface area contributed by atoms with Crippen molar-refractivity contribution in [2.45, 2.75) is 63.6 Å². The van der Waals surface area contributed by atoms with E-state index >= 15 is 0 Å². The molecule has 3 aromatic rings. The van der Waals surface area contributed by atoms with E-state index in [1.807, 2.05) is 13.1 Å². The lowest BCUT2D eigenvalue weighted by Crippen LogP contribution is -2.55. The number of ether oxygens (including phenoxy) is 1. The van der Waals surface area contributed by atoms with Crippen LogP contribution in [0.5, 0.6) is 5.75 Å². The molecule has 5 nitrogen and oxygen atoms in total. The van der Waals surface area contributed by atoms with E-state index in [-0.39, 0.29) is 29.3 Å². The van der Waals surface area contributed by atoms with Crippen LogP contribution in [0.25, 0.3) is 10.9 Å². The van der Waals surface area contributed by atoms with E-state index in [1.165, 1.54) is 24.6 Å². The molecule has 0 bridgehead atoms. The normalized spacial score (nSPS) is 20.5. The molecule has 174 valence electrons. The fourth-order valence-electron chi connectivity index (χ4n) is 5.30. The average molecular weight is 455 g/mol. The number of aryl methyl sites for hydroxylation is 1. The van der Waals surface area contributed by atoms with Crippen molar-refractivity contribution < 1.29 is 23.4 Å². The van der Waals surface area contributed by atoms with E-state index in [0.29, 0.717) is 18.0 Å². The van der Waals surface area contributed by atoms with Crippen LogP contribution >= 0.6 is 0 Å². The molecule has 0 radical (unpaired) electrons. The highest BCUT2D eigenvalue weighted by Crippen LogP contribution is 2.38. The molecule has 1 saturated carbocycles. The molecule has 1 aromatic heterocycles. The van der Waals surface area contributed by atoms with Gasteiger partial charge in [0, 0.05) is 28.7 Å². The van der Waals surface area contributed by atoms with Gasteiger partial charge in [-0.2, -0.15) is 0 Å². The molecular formula is C26H28F2N2O3. The minimum absolute atomic E-state index is 0.0249. The largest absolute Gasteiger partial charge is 0.486 e. The van der Waals surface area contributed by atoms with Crippen molar-refractivity contribution in [3.05, 3.63) is 64.9 Å². The molecule has 2 unspecified atom stereocenters. The molecule has 1 aliphatic carbocycles. The third-order valence-corrected chi connectivity index (χ3v) is 7.26. The maximum atomic E-state index is 14.4. The minimum atomic E-state index is -1.06. The van der Waals surface area contributed by atoms with Gasteiger partial charge in [0.25, 0.3) is 0 Å². The maximum Gasteiger partial charge on any atom is 0.336 e. The quantitative estimate of drug-likeness (QED) is 0.507. The van der Waals surface area contributed by atoms with Gasteiger partial charge in [0.2, 0.25) is 0 Å². The summed E-state index contributed by atoms with van der Waals surface area (Å²) in [6, 6.07) is 7.68. The SMILES string of the molecule is CC1Oc2c(F)ccc(C(=O)O)c2CC1N(CCCc1c[nH]c2ccc(F)cc12)C1CCC1. The lowest BCUT2D eigenvalue weighted by molar-refractivity contribution is 0.00648. The van der Waals surface area contributed by atoms with Crippen LogP contribution in [0.1, 0.15) is 54.1 Å². The Kier molecular flexibility index (Phi) is 5.83. The highest BCUT2D eigenvalue weighted by Gasteiger charge is 2.39. The Bertz CT molecular complexity index is 1190.